The van der Waals surface area contributed by atoms with Crippen LogP contribution in [0.2, 0.25) is 0 Å². The standard InChI is InChI=1S/C14H18N2OS/c15-10-5-1-3-7-12(10)17-9-14-16-11-6-2-4-8-13(11)18-14/h2,4,6,8,10,12H,1,3,5,7,9,15H2. The fraction of sp³-hybridized carbons (Fsp3) is 0.500. The molecule has 1 saturated carbocycles. The van der Waals surface area contributed by atoms with E-state index in [0.29, 0.717) is 6.61 Å². The van der Waals surface area contributed by atoms with Gasteiger partial charge in [0.05, 0.1) is 22.9 Å². The van der Waals surface area contributed by atoms with Crippen LogP contribution in [-0.2, 0) is 11.3 Å². The van der Waals surface area contributed by atoms with E-state index in [4.69, 9.17) is 10.5 Å². The molecule has 2 unspecified atom stereocenters. The molecule has 4 heteroatoms. The molecule has 2 aromatic rings. The molecule has 0 spiro atoms. The molecular weight excluding hydrogens is 244 g/mol. The first-order valence-corrected chi connectivity index (χ1v) is 7.36. The van der Waals surface area contributed by atoms with Gasteiger partial charge in [0.2, 0.25) is 0 Å². The molecule has 0 radical (unpaired) electrons. The first-order valence-electron chi connectivity index (χ1n) is 6.54. The minimum Gasteiger partial charge on any atom is -0.369 e. The Bertz CT molecular complexity index is 492. The molecule has 1 fully saturated rings. The van der Waals surface area contributed by atoms with Crippen molar-refractivity contribution in [3.63, 3.8) is 0 Å². The zero-order valence-electron chi connectivity index (χ0n) is 10.3. The van der Waals surface area contributed by atoms with Crippen LogP contribution in [0.25, 0.3) is 10.2 Å². The van der Waals surface area contributed by atoms with Crippen LogP contribution in [-0.4, -0.2) is 17.1 Å². The van der Waals surface area contributed by atoms with Gasteiger partial charge in [-0.3, -0.25) is 0 Å². The highest BCUT2D eigenvalue weighted by atomic mass is 32.1. The average molecular weight is 262 g/mol. The maximum absolute atomic E-state index is 6.08. The van der Waals surface area contributed by atoms with Crippen LogP contribution in [0, 0.1) is 0 Å². The molecule has 96 valence electrons. The Kier molecular flexibility index (Phi) is 3.59. The van der Waals surface area contributed by atoms with Crippen LogP contribution in [0.1, 0.15) is 30.7 Å². The van der Waals surface area contributed by atoms with Crippen molar-refractivity contribution in [3.8, 4) is 0 Å². The molecule has 0 bridgehead atoms. The third kappa shape index (κ3) is 2.55. The van der Waals surface area contributed by atoms with Crippen LogP contribution >= 0.6 is 11.3 Å². The van der Waals surface area contributed by atoms with Gasteiger partial charge >= 0.3 is 0 Å². The van der Waals surface area contributed by atoms with Gasteiger partial charge in [0.25, 0.3) is 0 Å². The van der Waals surface area contributed by atoms with E-state index in [0.717, 1.165) is 23.4 Å². The number of hydrogen-bond donors (Lipinski definition) is 1. The second-order valence-corrected chi connectivity index (χ2v) is 5.99. The fourth-order valence-electron chi connectivity index (χ4n) is 2.49. The van der Waals surface area contributed by atoms with Crippen molar-refractivity contribution in [1.82, 2.24) is 4.98 Å². The Morgan fingerprint density at radius 2 is 2.11 bits per heavy atom. The van der Waals surface area contributed by atoms with Crippen LogP contribution in [0.5, 0.6) is 0 Å². The molecule has 3 nitrogen and oxygen atoms in total. The monoisotopic (exact) mass is 262 g/mol. The maximum atomic E-state index is 6.08. The van der Waals surface area contributed by atoms with Gasteiger partial charge in [-0.2, -0.15) is 0 Å². The van der Waals surface area contributed by atoms with E-state index < -0.39 is 0 Å². The van der Waals surface area contributed by atoms with Gasteiger partial charge in [-0.05, 0) is 25.0 Å². The first-order chi connectivity index (χ1) is 8.83. The van der Waals surface area contributed by atoms with E-state index in [9.17, 15) is 0 Å². The zero-order chi connectivity index (χ0) is 12.4. The molecule has 1 aliphatic rings. The topological polar surface area (TPSA) is 48.1 Å². The number of aromatic nitrogens is 1. The number of para-hydroxylation sites is 1. The summed E-state index contributed by atoms with van der Waals surface area (Å²) < 4.78 is 7.16. The van der Waals surface area contributed by atoms with Gasteiger partial charge < -0.3 is 10.5 Å². The molecule has 1 aliphatic carbocycles. The zero-order valence-corrected chi connectivity index (χ0v) is 11.2. The van der Waals surface area contributed by atoms with Crippen molar-refractivity contribution < 1.29 is 4.74 Å². The summed E-state index contributed by atoms with van der Waals surface area (Å²) in [6, 6.07) is 8.41. The average Bonchev–Trinajstić information content (AvgIpc) is 2.80. The highest BCUT2D eigenvalue weighted by molar-refractivity contribution is 7.18. The highest BCUT2D eigenvalue weighted by Crippen LogP contribution is 2.24. The van der Waals surface area contributed by atoms with Crippen LogP contribution < -0.4 is 5.73 Å². The Labute approximate surface area is 111 Å². The summed E-state index contributed by atoms with van der Waals surface area (Å²) in [5, 5.41) is 1.05. The van der Waals surface area contributed by atoms with E-state index in [2.05, 4.69) is 11.1 Å². The molecule has 0 aliphatic heterocycles. The number of nitrogens with two attached hydrogens (primary N) is 1. The number of ether oxygens (including phenoxy) is 1. The van der Waals surface area contributed by atoms with E-state index in [1.54, 1.807) is 11.3 Å². The Morgan fingerprint density at radius 3 is 2.94 bits per heavy atom. The Hall–Kier alpha value is -0.970. The van der Waals surface area contributed by atoms with Gasteiger partial charge in [-0.1, -0.05) is 25.0 Å². The number of nitrogens with zero attached hydrogens (tertiary/aromatic N) is 1. The quantitative estimate of drug-likeness (QED) is 0.924. The van der Waals surface area contributed by atoms with Crippen LogP contribution in [0.15, 0.2) is 24.3 Å². The lowest BCUT2D eigenvalue weighted by Gasteiger charge is -2.28. The molecule has 0 saturated heterocycles. The van der Waals surface area contributed by atoms with E-state index in [1.165, 1.54) is 17.5 Å². The third-order valence-corrected chi connectivity index (χ3v) is 4.52. The molecule has 2 atom stereocenters. The van der Waals surface area contributed by atoms with Gasteiger partial charge in [0.1, 0.15) is 5.01 Å². The fourth-order valence-corrected chi connectivity index (χ4v) is 3.38. The number of fused-ring (bicyclic) bond motifs is 1. The second-order valence-electron chi connectivity index (χ2n) is 4.87. The summed E-state index contributed by atoms with van der Waals surface area (Å²) in [4.78, 5) is 4.57. The lowest BCUT2D eigenvalue weighted by atomic mass is 9.93. The van der Waals surface area contributed by atoms with Gasteiger partial charge in [0, 0.05) is 6.04 Å². The molecule has 18 heavy (non-hydrogen) atoms. The Balaban J connectivity index is 1.65. The van der Waals surface area contributed by atoms with Gasteiger partial charge in [-0.25, -0.2) is 4.98 Å². The smallest absolute Gasteiger partial charge is 0.120 e. The van der Waals surface area contributed by atoms with Crippen molar-refractivity contribution >= 4 is 21.6 Å². The molecule has 1 aromatic heterocycles. The summed E-state index contributed by atoms with van der Waals surface area (Å²) in [6.07, 6.45) is 4.86. The Morgan fingerprint density at radius 1 is 1.28 bits per heavy atom. The van der Waals surface area contributed by atoms with Crippen LogP contribution in [0.3, 0.4) is 0 Å². The molecule has 0 amide bonds. The number of rotatable bonds is 3. The predicted octanol–water partition coefficient (Wildman–Crippen LogP) is 3.08. The number of thiazole rings is 1. The minimum absolute atomic E-state index is 0.202. The second kappa shape index (κ2) is 5.34. The lowest BCUT2D eigenvalue weighted by molar-refractivity contribution is 0.00404. The summed E-state index contributed by atoms with van der Waals surface area (Å²) in [7, 11) is 0. The molecular formula is C14H18N2OS. The van der Waals surface area contributed by atoms with Crippen molar-refractivity contribution in [2.45, 2.75) is 44.4 Å². The number of hydrogen-bond acceptors (Lipinski definition) is 4. The SMILES string of the molecule is NC1CCCCC1OCc1nc2ccccc2s1. The normalized spacial score (nSPS) is 24.5. The van der Waals surface area contributed by atoms with Gasteiger partial charge in [-0.15, -0.1) is 11.3 Å². The van der Waals surface area contributed by atoms with E-state index in [1.807, 2.05) is 18.2 Å². The third-order valence-electron chi connectivity index (χ3n) is 3.51. The molecule has 3 rings (SSSR count). The maximum Gasteiger partial charge on any atom is 0.120 e. The van der Waals surface area contributed by atoms with Crippen molar-refractivity contribution in [2.75, 3.05) is 0 Å². The highest BCUT2D eigenvalue weighted by Gasteiger charge is 2.22. The largest absolute Gasteiger partial charge is 0.369 e. The lowest BCUT2D eigenvalue weighted by Crippen LogP contribution is -2.39. The minimum atomic E-state index is 0.202. The predicted molar refractivity (Wildman–Crippen MR) is 74.6 cm³/mol. The first kappa shape index (κ1) is 12.1. The molecule has 1 heterocycles. The van der Waals surface area contributed by atoms with E-state index >= 15 is 0 Å². The summed E-state index contributed by atoms with van der Waals surface area (Å²) >= 11 is 1.71. The summed E-state index contributed by atoms with van der Waals surface area (Å²) in [6.45, 7) is 0.595. The van der Waals surface area contributed by atoms with Crippen molar-refractivity contribution in [1.29, 1.82) is 0 Å². The molecule has 1 aromatic carbocycles. The molecule has 2 N–H and O–H groups in total. The number of benzene rings is 1. The van der Waals surface area contributed by atoms with Crippen molar-refractivity contribution in [2.24, 2.45) is 5.73 Å². The van der Waals surface area contributed by atoms with Crippen LogP contribution in [0.4, 0.5) is 0 Å². The van der Waals surface area contributed by atoms with E-state index in [-0.39, 0.29) is 12.1 Å². The van der Waals surface area contributed by atoms with Crippen molar-refractivity contribution in [3.05, 3.63) is 29.3 Å². The van der Waals surface area contributed by atoms with Gasteiger partial charge in [0.15, 0.2) is 0 Å². The summed E-state index contributed by atoms with van der Waals surface area (Å²) in [5.41, 5.74) is 7.14. The summed E-state index contributed by atoms with van der Waals surface area (Å²) in [5.74, 6) is 0.